The van der Waals surface area contributed by atoms with Gasteiger partial charge < -0.3 is 15.5 Å². The van der Waals surface area contributed by atoms with Gasteiger partial charge in [-0.15, -0.1) is 0 Å². The maximum Gasteiger partial charge on any atom is 0.237 e. The zero-order valence-corrected chi connectivity index (χ0v) is 8.03. The Morgan fingerprint density at radius 3 is 2.79 bits per heavy atom. The molecule has 0 spiro atoms. The standard InChI is InChI=1S/C9H15N3O2/c13-6-12-4-2-7(5-12)11-9(14)8-1-3-10-8/h6-8,10H,1-5H2,(H,11,14). The van der Waals surface area contributed by atoms with Crippen LogP contribution in [0.1, 0.15) is 12.8 Å². The summed E-state index contributed by atoms with van der Waals surface area (Å²) in [5.74, 6) is 0.0778. The van der Waals surface area contributed by atoms with Gasteiger partial charge in [0.2, 0.25) is 12.3 Å². The summed E-state index contributed by atoms with van der Waals surface area (Å²) in [6, 6.07) is 0.149. The zero-order valence-electron chi connectivity index (χ0n) is 8.03. The highest BCUT2D eigenvalue weighted by Crippen LogP contribution is 2.08. The third kappa shape index (κ3) is 1.87. The smallest absolute Gasteiger partial charge is 0.237 e. The second-order valence-corrected chi connectivity index (χ2v) is 3.89. The van der Waals surface area contributed by atoms with Crippen LogP contribution in [0.4, 0.5) is 0 Å². The SMILES string of the molecule is O=CN1CCC(NC(=O)C2CCN2)C1. The van der Waals surface area contributed by atoms with Gasteiger partial charge in [-0.1, -0.05) is 0 Å². The van der Waals surface area contributed by atoms with E-state index in [0.29, 0.717) is 6.54 Å². The van der Waals surface area contributed by atoms with E-state index >= 15 is 0 Å². The summed E-state index contributed by atoms with van der Waals surface area (Å²) < 4.78 is 0. The van der Waals surface area contributed by atoms with Gasteiger partial charge in [0, 0.05) is 19.1 Å². The predicted octanol–water partition coefficient (Wildman–Crippen LogP) is -1.30. The minimum absolute atomic E-state index is 0.000260. The Balaban J connectivity index is 1.75. The fourth-order valence-corrected chi connectivity index (χ4v) is 1.82. The predicted molar refractivity (Wildman–Crippen MR) is 50.6 cm³/mol. The summed E-state index contributed by atoms with van der Waals surface area (Å²) in [6.45, 7) is 2.34. The summed E-state index contributed by atoms with van der Waals surface area (Å²) in [5.41, 5.74) is 0. The molecule has 2 heterocycles. The molecule has 2 aliphatic rings. The van der Waals surface area contributed by atoms with Gasteiger partial charge in [-0.05, 0) is 19.4 Å². The lowest BCUT2D eigenvalue weighted by Gasteiger charge is -2.27. The van der Waals surface area contributed by atoms with E-state index in [4.69, 9.17) is 0 Å². The summed E-state index contributed by atoms with van der Waals surface area (Å²) >= 11 is 0. The van der Waals surface area contributed by atoms with Gasteiger partial charge >= 0.3 is 0 Å². The van der Waals surface area contributed by atoms with Crippen LogP contribution in [0.25, 0.3) is 0 Å². The van der Waals surface area contributed by atoms with E-state index in [1.54, 1.807) is 4.90 Å². The van der Waals surface area contributed by atoms with Crippen LogP contribution < -0.4 is 10.6 Å². The minimum atomic E-state index is 0.000260. The first-order valence-electron chi connectivity index (χ1n) is 5.02. The van der Waals surface area contributed by atoms with Crippen molar-refractivity contribution in [3.05, 3.63) is 0 Å². The highest BCUT2D eigenvalue weighted by atomic mass is 16.2. The third-order valence-electron chi connectivity index (χ3n) is 2.86. The highest BCUT2D eigenvalue weighted by Gasteiger charge is 2.28. The molecule has 0 aliphatic carbocycles. The number of likely N-dealkylation sites (tertiary alicyclic amines) is 1. The first-order valence-corrected chi connectivity index (χ1v) is 5.02. The first-order chi connectivity index (χ1) is 6.79. The van der Waals surface area contributed by atoms with Crippen molar-refractivity contribution in [1.29, 1.82) is 0 Å². The van der Waals surface area contributed by atoms with Crippen LogP contribution >= 0.6 is 0 Å². The van der Waals surface area contributed by atoms with Crippen LogP contribution in [0, 0.1) is 0 Å². The van der Waals surface area contributed by atoms with E-state index in [9.17, 15) is 9.59 Å². The summed E-state index contributed by atoms with van der Waals surface area (Å²) in [7, 11) is 0. The number of nitrogens with zero attached hydrogens (tertiary/aromatic N) is 1. The lowest BCUT2D eigenvalue weighted by Crippen LogP contribution is -2.55. The lowest BCUT2D eigenvalue weighted by atomic mass is 10.1. The molecule has 2 N–H and O–H groups in total. The molecule has 0 aromatic carbocycles. The Morgan fingerprint density at radius 2 is 2.29 bits per heavy atom. The summed E-state index contributed by atoms with van der Waals surface area (Å²) in [5, 5.41) is 5.99. The molecule has 0 bridgehead atoms. The summed E-state index contributed by atoms with van der Waals surface area (Å²) in [4.78, 5) is 23.6. The molecule has 2 atom stereocenters. The molecule has 2 fully saturated rings. The molecule has 0 aromatic heterocycles. The van der Waals surface area contributed by atoms with Crippen LogP contribution in [0.5, 0.6) is 0 Å². The van der Waals surface area contributed by atoms with Gasteiger partial charge in [0.1, 0.15) is 0 Å². The van der Waals surface area contributed by atoms with Gasteiger partial charge in [-0.2, -0.15) is 0 Å². The van der Waals surface area contributed by atoms with Crippen molar-refractivity contribution in [3.63, 3.8) is 0 Å². The molecule has 5 heteroatoms. The van der Waals surface area contributed by atoms with Gasteiger partial charge in [0.15, 0.2) is 0 Å². The third-order valence-corrected chi connectivity index (χ3v) is 2.86. The van der Waals surface area contributed by atoms with Crippen molar-refractivity contribution in [2.45, 2.75) is 24.9 Å². The number of carbonyl (C=O) groups is 2. The van der Waals surface area contributed by atoms with Crippen molar-refractivity contribution in [2.75, 3.05) is 19.6 Å². The molecule has 0 aromatic rings. The molecule has 2 saturated heterocycles. The van der Waals surface area contributed by atoms with Crippen molar-refractivity contribution in [2.24, 2.45) is 0 Å². The maximum absolute atomic E-state index is 11.5. The maximum atomic E-state index is 11.5. The highest BCUT2D eigenvalue weighted by molar-refractivity contribution is 5.83. The molecule has 2 rings (SSSR count). The number of amides is 2. The first kappa shape index (κ1) is 9.45. The van der Waals surface area contributed by atoms with E-state index in [-0.39, 0.29) is 18.0 Å². The second kappa shape index (κ2) is 3.96. The van der Waals surface area contributed by atoms with Crippen LogP contribution in [-0.2, 0) is 9.59 Å². The van der Waals surface area contributed by atoms with E-state index < -0.39 is 0 Å². The van der Waals surface area contributed by atoms with Crippen molar-refractivity contribution in [3.8, 4) is 0 Å². The fraction of sp³-hybridized carbons (Fsp3) is 0.778. The molecular formula is C9H15N3O2. The number of rotatable bonds is 3. The van der Waals surface area contributed by atoms with Crippen molar-refractivity contribution >= 4 is 12.3 Å². The Hall–Kier alpha value is -1.10. The Morgan fingerprint density at radius 1 is 1.50 bits per heavy atom. The molecule has 0 radical (unpaired) electrons. The van der Waals surface area contributed by atoms with Crippen LogP contribution in [0.15, 0.2) is 0 Å². The van der Waals surface area contributed by atoms with Crippen LogP contribution in [-0.4, -0.2) is 48.9 Å². The lowest BCUT2D eigenvalue weighted by molar-refractivity contribution is -0.125. The molecule has 0 saturated carbocycles. The van der Waals surface area contributed by atoms with Crippen LogP contribution in [0.3, 0.4) is 0 Å². The van der Waals surface area contributed by atoms with Gasteiger partial charge in [-0.3, -0.25) is 9.59 Å². The van der Waals surface area contributed by atoms with E-state index in [1.807, 2.05) is 0 Å². The Labute approximate surface area is 82.8 Å². The Kier molecular flexibility index (Phi) is 2.67. The van der Waals surface area contributed by atoms with Gasteiger partial charge in [0.05, 0.1) is 6.04 Å². The average molecular weight is 197 g/mol. The topological polar surface area (TPSA) is 61.4 Å². The normalized spacial score (nSPS) is 31.0. The molecule has 2 amide bonds. The minimum Gasteiger partial charge on any atom is -0.350 e. The Bertz CT molecular complexity index is 240. The average Bonchev–Trinajstić information content (AvgIpc) is 2.48. The van der Waals surface area contributed by atoms with E-state index in [2.05, 4.69) is 10.6 Å². The molecule has 78 valence electrons. The number of carbonyl (C=O) groups excluding carboxylic acids is 2. The molecular weight excluding hydrogens is 182 g/mol. The zero-order chi connectivity index (χ0) is 9.97. The summed E-state index contributed by atoms with van der Waals surface area (Å²) in [6.07, 6.45) is 2.64. The largest absolute Gasteiger partial charge is 0.350 e. The van der Waals surface area contributed by atoms with Gasteiger partial charge in [-0.25, -0.2) is 0 Å². The van der Waals surface area contributed by atoms with Crippen molar-refractivity contribution in [1.82, 2.24) is 15.5 Å². The van der Waals surface area contributed by atoms with Crippen LogP contribution in [0.2, 0.25) is 0 Å². The number of nitrogens with one attached hydrogen (secondary N) is 2. The molecule has 2 aliphatic heterocycles. The molecule has 5 nitrogen and oxygen atoms in total. The fourth-order valence-electron chi connectivity index (χ4n) is 1.82. The quantitative estimate of drug-likeness (QED) is 0.553. The van der Waals surface area contributed by atoms with Crippen molar-refractivity contribution < 1.29 is 9.59 Å². The van der Waals surface area contributed by atoms with E-state index in [1.165, 1.54) is 0 Å². The second-order valence-electron chi connectivity index (χ2n) is 3.89. The molecule has 2 unspecified atom stereocenters. The number of hydrogen-bond donors (Lipinski definition) is 2. The number of hydrogen-bond acceptors (Lipinski definition) is 3. The van der Waals surface area contributed by atoms with Gasteiger partial charge in [0.25, 0.3) is 0 Å². The molecule has 14 heavy (non-hydrogen) atoms. The van der Waals surface area contributed by atoms with E-state index in [0.717, 1.165) is 32.3 Å². The monoisotopic (exact) mass is 197 g/mol.